The molecule has 0 aliphatic carbocycles. The Kier molecular flexibility index (Phi) is 3.08. The third-order valence-electron chi connectivity index (χ3n) is 4.08. The number of hydrogen-bond acceptors (Lipinski definition) is 2. The summed E-state index contributed by atoms with van der Waals surface area (Å²) in [6, 6.07) is 5.78. The number of hydrogen-bond donors (Lipinski definition) is 0. The van der Waals surface area contributed by atoms with Crippen LogP contribution in [0.15, 0.2) is 29.2 Å². The van der Waals surface area contributed by atoms with Gasteiger partial charge in [-0.2, -0.15) is 0 Å². The molecule has 1 aliphatic rings. The molecule has 0 radical (unpaired) electrons. The molecular weight excluding hydrogens is 252 g/mol. The lowest BCUT2D eigenvalue weighted by molar-refractivity contribution is 0.0771. The topological polar surface area (TPSA) is 42.3 Å². The zero-order valence-electron chi connectivity index (χ0n) is 11.8. The van der Waals surface area contributed by atoms with Gasteiger partial charge in [0.05, 0.1) is 5.52 Å². The third-order valence-corrected chi connectivity index (χ3v) is 4.08. The Bertz CT molecular complexity index is 742. The number of carbonyl (C=O) groups excluding carboxylic acids is 1. The zero-order valence-corrected chi connectivity index (χ0v) is 11.8. The Morgan fingerprint density at radius 2 is 2.05 bits per heavy atom. The fourth-order valence-corrected chi connectivity index (χ4v) is 2.99. The fourth-order valence-electron chi connectivity index (χ4n) is 2.99. The normalized spacial score (nSPS) is 12.9. The molecule has 3 rings (SSSR count). The van der Waals surface area contributed by atoms with Crippen molar-refractivity contribution in [1.29, 1.82) is 0 Å². The third kappa shape index (κ3) is 1.75. The number of amides is 1. The first-order valence-electron chi connectivity index (χ1n) is 7.11. The van der Waals surface area contributed by atoms with Crippen molar-refractivity contribution in [2.75, 3.05) is 13.1 Å². The number of nitrogens with zero attached hydrogens (tertiary/aromatic N) is 2. The zero-order chi connectivity index (χ0) is 14.3. The molecule has 0 saturated heterocycles. The lowest BCUT2D eigenvalue weighted by atomic mass is 10.1. The summed E-state index contributed by atoms with van der Waals surface area (Å²) in [7, 11) is 0. The van der Waals surface area contributed by atoms with Gasteiger partial charge in [0.1, 0.15) is 5.56 Å². The molecule has 20 heavy (non-hydrogen) atoms. The molecule has 2 aromatic rings. The van der Waals surface area contributed by atoms with Gasteiger partial charge in [-0.3, -0.25) is 9.59 Å². The summed E-state index contributed by atoms with van der Waals surface area (Å²) in [5, 5.41) is 0.665. The lowest BCUT2D eigenvalue weighted by Gasteiger charge is -2.19. The van der Waals surface area contributed by atoms with E-state index in [-0.39, 0.29) is 11.3 Å². The maximum atomic E-state index is 12.6. The van der Waals surface area contributed by atoms with Gasteiger partial charge < -0.3 is 9.47 Å². The minimum atomic E-state index is -0.164. The summed E-state index contributed by atoms with van der Waals surface area (Å²) in [6.45, 7) is 5.93. The van der Waals surface area contributed by atoms with Gasteiger partial charge in [0, 0.05) is 31.2 Å². The van der Waals surface area contributed by atoms with E-state index >= 15 is 0 Å². The molecule has 0 bridgehead atoms. The van der Waals surface area contributed by atoms with E-state index in [1.54, 1.807) is 11.1 Å². The van der Waals surface area contributed by atoms with Crippen molar-refractivity contribution < 1.29 is 4.79 Å². The van der Waals surface area contributed by atoms with Crippen LogP contribution in [-0.2, 0) is 13.0 Å². The molecule has 0 atom stereocenters. The van der Waals surface area contributed by atoms with E-state index in [9.17, 15) is 9.59 Å². The van der Waals surface area contributed by atoms with Gasteiger partial charge in [-0.1, -0.05) is 12.1 Å². The van der Waals surface area contributed by atoms with Crippen molar-refractivity contribution in [3.8, 4) is 0 Å². The van der Waals surface area contributed by atoms with Crippen LogP contribution in [-0.4, -0.2) is 28.5 Å². The molecule has 0 spiro atoms. The number of benzene rings is 1. The van der Waals surface area contributed by atoms with E-state index in [0.29, 0.717) is 24.0 Å². The van der Waals surface area contributed by atoms with Gasteiger partial charge in [-0.05, 0) is 31.9 Å². The van der Waals surface area contributed by atoms with Gasteiger partial charge >= 0.3 is 0 Å². The number of aryl methyl sites for hydroxylation is 2. The maximum Gasteiger partial charge on any atom is 0.259 e. The summed E-state index contributed by atoms with van der Waals surface area (Å²) in [6.07, 6.45) is 2.67. The summed E-state index contributed by atoms with van der Waals surface area (Å²) in [5.41, 5.74) is 2.34. The molecule has 4 heteroatoms. The van der Waals surface area contributed by atoms with Crippen LogP contribution in [0.4, 0.5) is 0 Å². The maximum absolute atomic E-state index is 12.6. The van der Waals surface area contributed by atoms with E-state index in [1.165, 1.54) is 5.56 Å². The molecule has 1 aromatic carbocycles. The van der Waals surface area contributed by atoms with Crippen molar-refractivity contribution in [3.63, 3.8) is 0 Å². The summed E-state index contributed by atoms with van der Waals surface area (Å²) >= 11 is 0. The summed E-state index contributed by atoms with van der Waals surface area (Å²) in [5.74, 6) is -0.164. The van der Waals surface area contributed by atoms with Gasteiger partial charge in [-0.25, -0.2) is 0 Å². The molecule has 2 heterocycles. The van der Waals surface area contributed by atoms with Gasteiger partial charge in [-0.15, -0.1) is 0 Å². The number of rotatable bonds is 3. The van der Waals surface area contributed by atoms with Crippen LogP contribution in [0.25, 0.3) is 10.9 Å². The van der Waals surface area contributed by atoms with Crippen molar-refractivity contribution >= 4 is 16.8 Å². The standard InChI is InChI=1S/C16H18N2O2/c1-3-17(4-2)16(20)13-10-18-9-8-11-6-5-7-12(14(11)18)15(13)19/h5-7,10H,3-4,8-9H2,1-2H3. The Balaban J connectivity index is 2.23. The second kappa shape index (κ2) is 4.78. The molecule has 104 valence electrons. The lowest BCUT2D eigenvalue weighted by Crippen LogP contribution is -2.34. The smallest absolute Gasteiger partial charge is 0.259 e. The Labute approximate surface area is 117 Å². The van der Waals surface area contributed by atoms with Gasteiger partial charge in [0.15, 0.2) is 0 Å². The van der Waals surface area contributed by atoms with Crippen LogP contribution in [0.1, 0.15) is 29.8 Å². The Morgan fingerprint density at radius 3 is 2.75 bits per heavy atom. The van der Waals surface area contributed by atoms with E-state index in [1.807, 2.05) is 30.5 Å². The van der Waals surface area contributed by atoms with E-state index in [0.717, 1.165) is 18.5 Å². The second-order valence-electron chi connectivity index (χ2n) is 5.11. The molecule has 1 aliphatic heterocycles. The first-order valence-corrected chi connectivity index (χ1v) is 7.11. The van der Waals surface area contributed by atoms with Crippen LogP contribution in [0, 0.1) is 0 Å². The number of pyridine rings is 1. The first kappa shape index (κ1) is 12.9. The average molecular weight is 270 g/mol. The fraction of sp³-hybridized carbons (Fsp3) is 0.375. The highest BCUT2D eigenvalue weighted by atomic mass is 16.2. The van der Waals surface area contributed by atoms with Gasteiger partial charge in [0.25, 0.3) is 5.91 Å². The van der Waals surface area contributed by atoms with Crippen LogP contribution in [0.2, 0.25) is 0 Å². The first-order chi connectivity index (χ1) is 9.67. The van der Waals surface area contributed by atoms with Crippen LogP contribution < -0.4 is 5.43 Å². The number of aromatic nitrogens is 1. The van der Waals surface area contributed by atoms with Crippen LogP contribution in [0.3, 0.4) is 0 Å². The highest BCUT2D eigenvalue weighted by Crippen LogP contribution is 2.24. The highest BCUT2D eigenvalue weighted by molar-refractivity contribution is 5.98. The molecular formula is C16H18N2O2. The monoisotopic (exact) mass is 270 g/mol. The van der Waals surface area contributed by atoms with Gasteiger partial charge in [0.2, 0.25) is 5.43 Å². The van der Waals surface area contributed by atoms with Crippen molar-refractivity contribution in [2.45, 2.75) is 26.8 Å². The summed E-state index contributed by atoms with van der Waals surface area (Å²) in [4.78, 5) is 26.7. The number of carbonyl (C=O) groups is 1. The van der Waals surface area contributed by atoms with Crippen LogP contribution in [0.5, 0.6) is 0 Å². The largest absolute Gasteiger partial charge is 0.346 e. The summed E-state index contributed by atoms with van der Waals surface area (Å²) < 4.78 is 2.04. The van der Waals surface area contributed by atoms with E-state index < -0.39 is 0 Å². The molecule has 1 aromatic heterocycles. The molecule has 0 N–H and O–H groups in total. The Morgan fingerprint density at radius 1 is 1.30 bits per heavy atom. The molecule has 1 amide bonds. The number of para-hydroxylation sites is 1. The minimum absolute atomic E-state index is 0.142. The minimum Gasteiger partial charge on any atom is -0.346 e. The van der Waals surface area contributed by atoms with Crippen molar-refractivity contribution in [2.24, 2.45) is 0 Å². The van der Waals surface area contributed by atoms with Crippen LogP contribution >= 0.6 is 0 Å². The van der Waals surface area contributed by atoms with E-state index in [4.69, 9.17) is 0 Å². The van der Waals surface area contributed by atoms with E-state index in [2.05, 4.69) is 6.07 Å². The Hall–Kier alpha value is -2.10. The molecule has 4 nitrogen and oxygen atoms in total. The van der Waals surface area contributed by atoms with Crippen molar-refractivity contribution in [1.82, 2.24) is 9.47 Å². The predicted octanol–water partition coefficient (Wildman–Crippen LogP) is 2.04. The quantitative estimate of drug-likeness (QED) is 0.856. The molecule has 0 unspecified atom stereocenters. The predicted molar refractivity (Wildman–Crippen MR) is 79.2 cm³/mol. The van der Waals surface area contributed by atoms with Crippen molar-refractivity contribution in [3.05, 3.63) is 45.7 Å². The SMILES string of the molecule is CCN(CC)C(=O)c1cn2c3c(cccc3c1=O)CC2. The molecule has 0 saturated carbocycles. The second-order valence-corrected chi connectivity index (χ2v) is 5.11. The molecule has 0 fully saturated rings. The highest BCUT2D eigenvalue weighted by Gasteiger charge is 2.22. The average Bonchev–Trinajstić information content (AvgIpc) is 2.88.